The summed E-state index contributed by atoms with van der Waals surface area (Å²) in [6.07, 6.45) is 0. The van der Waals surface area contributed by atoms with Gasteiger partial charge in [-0.1, -0.05) is 12.1 Å². The predicted octanol–water partition coefficient (Wildman–Crippen LogP) is 3.98. The second kappa shape index (κ2) is 6.85. The van der Waals surface area contributed by atoms with Gasteiger partial charge in [0, 0.05) is 17.0 Å². The summed E-state index contributed by atoms with van der Waals surface area (Å²) in [6, 6.07) is 10.9. The van der Waals surface area contributed by atoms with Crippen LogP contribution in [0.15, 0.2) is 41.3 Å². The average molecular weight is 442 g/mol. The lowest BCUT2D eigenvalue weighted by molar-refractivity contribution is 0.0955. The summed E-state index contributed by atoms with van der Waals surface area (Å²) < 4.78 is 36.3. The van der Waals surface area contributed by atoms with Gasteiger partial charge in [0.2, 0.25) is 6.79 Å². The highest BCUT2D eigenvalue weighted by molar-refractivity contribution is 7.91. The van der Waals surface area contributed by atoms with E-state index in [0.29, 0.717) is 33.4 Å². The molecule has 0 fully saturated rings. The van der Waals surface area contributed by atoms with Crippen molar-refractivity contribution in [3.05, 3.63) is 63.5 Å². The van der Waals surface area contributed by atoms with Crippen molar-refractivity contribution in [3.63, 3.8) is 0 Å². The van der Waals surface area contributed by atoms with Crippen LogP contribution in [0.4, 0.5) is 0 Å². The number of aryl methyl sites for hydroxylation is 2. The normalized spacial score (nSPS) is 15.4. The molecule has 154 valence electrons. The second-order valence-electron chi connectivity index (χ2n) is 7.55. The number of ether oxygens (including phenoxy) is 2. The quantitative estimate of drug-likeness (QED) is 0.665. The first-order valence-electron chi connectivity index (χ1n) is 9.45. The highest BCUT2D eigenvalue weighted by atomic mass is 32.2. The number of rotatable bonds is 3. The van der Waals surface area contributed by atoms with Crippen LogP contribution in [0.3, 0.4) is 0 Å². The van der Waals surface area contributed by atoms with Crippen molar-refractivity contribution in [2.45, 2.75) is 31.0 Å². The fraction of sp³-hybridized carbons (Fsp3) is 0.227. The lowest BCUT2D eigenvalue weighted by atomic mass is 10.0. The van der Waals surface area contributed by atoms with E-state index in [1.807, 2.05) is 38.1 Å². The van der Waals surface area contributed by atoms with Gasteiger partial charge in [-0.15, -0.1) is 11.3 Å². The minimum atomic E-state index is -3.42. The van der Waals surface area contributed by atoms with Gasteiger partial charge in [0.1, 0.15) is 0 Å². The van der Waals surface area contributed by atoms with E-state index in [1.165, 1.54) is 11.3 Å². The molecule has 8 heteroatoms. The van der Waals surface area contributed by atoms with Gasteiger partial charge in [0.15, 0.2) is 21.3 Å². The molecular formula is C22H19NO5S2. The number of fused-ring (bicyclic) bond motifs is 4. The zero-order valence-electron chi connectivity index (χ0n) is 16.4. The first kappa shape index (κ1) is 19.1. The Bertz CT molecular complexity index is 1310. The van der Waals surface area contributed by atoms with Gasteiger partial charge in [-0.2, -0.15) is 0 Å². The van der Waals surface area contributed by atoms with Crippen molar-refractivity contribution in [1.29, 1.82) is 0 Å². The van der Waals surface area contributed by atoms with Crippen LogP contribution in [0.5, 0.6) is 11.5 Å². The van der Waals surface area contributed by atoms with Crippen LogP contribution in [0.2, 0.25) is 0 Å². The number of sulfone groups is 1. The van der Waals surface area contributed by atoms with Gasteiger partial charge in [-0.25, -0.2) is 8.42 Å². The molecule has 5 rings (SSSR count). The van der Waals surface area contributed by atoms with Gasteiger partial charge in [-0.05, 0) is 60.4 Å². The molecule has 2 aliphatic rings. The Morgan fingerprint density at radius 1 is 1.10 bits per heavy atom. The lowest BCUT2D eigenvalue weighted by Crippen LogP contribution is -2.21. The number of benzene rings is 2. The third kappa shape index (κ3) is 3.16. The molecular weight excluding hydrogens is 422 g/mol. The zero-order valence-corrected chi connectivity index (χ0v) is 18.1. The number of carbonyl (C=O) groups is 1. The average Bonchev–Trinajstić information content (AvgIpc) is 3.31. The molecule has 0 saturated heterocycles. The van der Waals surface area contributed by atoms with Crippen LogP contribution < -0.4 is 14.8 Å². The van der Waals surface area contributed by atoms with Gasteiger partial charge < -0.3 is 14.8 Å². The van der Waals surface area contributed by atoms with Gasteiger partial charge in [-0.3, -0.25) is 4.79 Å². The van der Waals surface area contributed by atoms with E-state index in [-0.39, 0.29) is 18.5 Å². The Morgan fingerprint density at radius 3 is 2.73 bits per heavy atom. The first-order chi connectivity index (χ1) is 14.3. The Morgan fingerprint density at radius 2 is 1.90 bits per heavy atom. The van der Waals surface area contributed by atoms with Crippen molar-refractivity contribution < 1.29 is 22.7 Å². The standard InChI is InChI=1S/C22H19NO5S2/c1-12-5-13(2)20-19(6-12)30(25,26)10-15-8-18(29-21(15)20)22(24)23-9-14-3-4-16-17(7-14)28-11-27-16/h3-8H,9-11H2,1-2H3,(H,23,24). The molecule has 1 aromatic heterocycles. The van der Waals surface area contributed by atoms with Crippen LogP contribution in [0.1, 0.15) is 31.9 Å². The highest BCUT2D eigenvalue weighted by Crippen LogP contribution is 2.45. The molecule has 2 aromatic carbocycles. The van der Waals surface area contributed by atoms with E-state index in [4.69, 9.17) is 9.47 Å². The van der Waals surface area contributed by atoms with Gasteiger partial charge in [0.05, 0.1) is 15.5 Å². The molecule has 3 aromatic rings. The summed E-state index contributed by atoms with van der Waals surface area (Å²) in [5.74, 6) is 1.06. The van der Waals surface area contributed by atoms with E-state index in [1.54, 1.807) is 12.1 Å². The van der Waals surface area contributed by atoms with E-state index in [0.717, 1.165) is 27.1 Å². The van der Waals surface area contributed by atoms with Crippen molar-refractivity contribution in [1.82, 2.24) is 5.32 Å². The van der Waals surface area contributed by atoms with Gasteiger partial charge >= 0.3 is 0 Å². The molecule has 0 atom stereocenters. The van der Waals surface area contributed by atoms with Crippen LogP contribution in [-0.4, -0.2) is 21.1 Å². The molecule has 0 bridgehead atoms. The summed E-state index contributed by atoms with van der Waals surface area (Å²) in [6.45, 7) is 4.34. The topological polar surface area (TPSA) is 81.7 Å². The number of hydrogen-bond acceptors (Lipinski definition) is 6. The Hall–Kier alpha value is -2.84. The molecule has 0 aliphatic carbocycles. The Labute approximate surface area is 178 Å². The monoisotopic (exact) mass is 441 g/mol. The maximum atomic E-state index is 12.8. The smallest absolute Gasteiger partial charge is 0.261 e. The van der Waals surface area contributed by atoms with E-state index >= 15 is 0 Å². The summed E-state index contributed by atoms with van der Waals surface area (Å²) in [5.41, 5.74) is 4.13. The number of amides is 1. The summed E-state index contributed by atoms with van der Waals surface area (Å²) in [7, 11) is -3.42. The van der Waals surface area contributed by atoms with Crippen LogP contribution in [-0.2, 0) is 22.1 Å². The van der Waals surface area contributed by atoms with Crippen LogP contribution >= 0.6 is 11.3 Å². The second-order valence-corrected chi connectivity index (χ2v) is 10.6. The maximum absolute atomic E-state index is 12.8. The Kier molecular flexibility index (Phi) is 4.37. The Balaban J connectivity index is 1.43. The minimum Gasteiger partial charge on any atom is -0.454 e. The first-order valence-corrected chi connectivity index (χ1v) is 11.9. The predicted molar refractivity (Wildman–Crippen MR) is 114 cm³/mol. The SMILES string of the molecule is Cc1cc(C)c2c(c1)S(=O)(=O)Cc1cc(C(=O)NCc3ccc4c(c3)OCO4)sc1-2. The van der Waals surface area contributed by atoms with Crippen molar-refractivity contribution >= 4 is 27.1 Å². The van der Waals surface area contributed by atoms with Crippen LogP contribution in [0, 0.1) is 13.8 Å². The number of thiophene rings is 1. The fourth-order valence-electron chi connectivity index (χ4n) is 3.93. The minimum absolute atomic E-state index is 0.0792. The summed E-state index contributed by atoms with van der Waals surface area (Å²) >= 11 is 1.34. The van der Waals surface area contributed by atoms with Gasteiger partial charge in [0.25, 0.3) is 5.91 Å². The van der Waals surface area contributed by atoms with Crippen LogP contribution in [0.25, 0.3) is 10.4 Å². The molecule has 30 heavy (non-hydrogen) atoms. The molecule has 0 radical (unpaired) electrons. The summed E-state index contributed by atoms with van der Waals surface area (Å²) in [4.78, 5) is 14.5. The summed E-state index contributed by atoms with van der Waals surface area (Å²) in [5, 5.41) is 2.91. The van der Waals surface area contributed by atoms with E-state index < -0.39 is 9.84 Å². The number of carbonyl (C=O) groups excluding carboxylic acids is 1. The molecule has 3 heterocycles. The molecule has 2 aliphatic heterocycles. The number of hydrogen-bond donors (Lipinski definition) is 1. The molecule has 0 unspecified atom stereocenters. The third-order valence-electron chi connectivity index (χ3n) is 5.27. The molecule has 0 spiro atoms. The highest BCUT2D eigenvalue weighted by Gasteiger charge is 2.32. The fourth-order valence-corrected chi connectivity index (χ4v) is 7.04. The zero-order chi connectivity index (χ0) is 21.0. The molecule has 0 saturated carbocycles. The largest absolute Gasteiger partial charge is 0.454 e. The number of nitrogens with one attached hydrogen (secondary N) is 1. The van der Waals surface area contributed by atoms with Crippen molar-refractivity contribution in [2.24, 2.45) is 0 Å². The van der Waals surface area contributed by atoms with E-state index in [9.17, 15) is 13.2 Å². The molecule has 6 nitrogen and oxygen atoms in total. The van der Waals surface area contributed by atoms with E-state index in [2.05, 4.69) is 5.32 Å². The third-order valence-corrected chi connectivity index (χ3v) is 8.15. The molecule has 1 amide bonds. The molecule has 1 N–H and O–H groups in total. The van der Waals surface area contributed by atoms with Crippen molar-refractivity contribution in [2.75, 3.05) is 6.79 Å². The van der Waals surface area contributed by atoms with Crippen molar-refractivity contribution in [3.8, 4) is 21.9 Å². The maximum Gasteiger partial charge on any atom is 0.261 e. The lowest BCUT2D eigenvalue weighted by Gasteiger charge is -2.19.